The molecule has 4 rings (SSSR count). The van der Waals surface area contributed by atoms with Gasteiger partial charge in [-0.3, -0.25) is 20.3 Å². The van der Waals surface area contributed by atoms with Crippen molar-refractivity contribution in [2.24, 2.45) is 11.0 Å². The number of esters is 1. The molecule has 1 saturated heterocycles. The Labute approximate surface area is 197 Å². The fourth-order valence-corrected chi connectivity index (χ4v) is 3.98. The molecule has 1 N–H and O–H groups in total. The van der Waals surface area contributed by atoms with Crippen LogP contribution >= 0.6 is 0 Å². The van der Waals surface area contributed by atoms with Gasteiger partial charge < -0.3 is 9.64 Å². The van der Waals surface area contributed by atoms with Gasteiger partial charge in [0.2, 0.25) is 5.82 Å². The van der Waals surface area contributed by atoms with E-state index in [2.05, 4.69) is 15.6 Å². The van der Waals surface area contributed by atoms with Crippen molar-refractivity contribution in [2.45, 2.75) is 19.8 Å². The molecule has 176 valence electrons. The third-order valence-electron chi connectivity index (χ3n) is 5.61. The molecule has 0 amide bonds. The quantitative estimate of drug-likeness (QED) is 0.233. The van der Waals surface area contributed by atoms with E-state index in [1.807, 2.05) is 65.6 Å². The molecule has 3 aromatic rings. The number of aromatic nitrogens is 2. The fourth-order valence-electron chi connectivity index (χ4n) is 3.98. The lowest BCUT2D eigenvalue weighted by atomic mass is 9.97. The summed E-state index contributed by atoms with van der Waals surface area (Å²) in [5.41, 5.74) is 4.33. The molecule has 10 nitrogen and oxygen atoms in total. The minimum absolute atomic E-state index is 0.128. The van der Waals surface area contributed by atoms with Gasteiger partial charge in [-0.2, -0.15) is 10.2 Å². The Bertz CT molecular complexity index is 1150. The van der Waals surface area contributed by atoms with Crippen LogP contribution in [0.15, 0.2) is 65.8 Å². The predicted molar refractivity (Wildman–Crippen MR) is 129 cm³/mol. The van der Waals surface area contributed by atoms with Crippen molar-refractivity contribution in [3.8, 4) is 5.69 Å². The normalized spacial score (nSPS) is 14.3. The predicted octanol–water partition coefficient (Wildman–Crippen LogP) is 4.01. The Morgan fingerprint density at radius 2 is 1.82 bits per heavy atom. The number of anilines is 2. The standard InChI is InChI=1S/C24H26N6O4/c1-2-34-24(31)18-13-15-28(16-14-18)23-22(30(32)33)21(17-25-26-19-9-5-3-6-10-19)27-29(23)20-11-7-4-8-12-20/h3-12,17-18,26H,2,13-16H2,1H3/b25-17-. The second-order valence-corrected chi connectivity index (χ2v) is 7.81. The van der Waals surface area contributed by atoms with Gasteiger partial charge >= 0.3 is 11.7 Å². The first-order valence-corrected chi connectivity index (χ1v) is 11.2. The Morgan fingerprint density at radius 3 is 2.44 bits per heavy atom. The molecule has 2 aromatic carbocycles. The molecule has 0 aliphatic carbocycles. The SMILES string of the molecule is CCOC(=O)C1CCN(c2c([N+](=O)[O-])c(/C=N\Nc3ccccc3)nn2-c2ccccc2)CC1. The van der Waals surface area contributed by atoms with Gasteiger partial charge in [-0.1, -0.05) is 36.4 Å². The topological polar surface area (TPSA) is 115 Å². The average Bonchev–Trinajstić information content (AvgIpc) is 3.25. The van der Waals surface area contributed by atoms with Crippen LogP contribution in [0.5, 0.6) is 0 Å². The summed E-state index contributed by atoms with van der Waals surface area (Å²) in [5.74, 6) is -0.0489. The summed E-state index contributed by atoms with van der Waals surface area (Å²) in [4.78, 5) is 25.8. The Hall–Kier alpha value is -4.21. The van der Waals surface area contributed by atoms with Crippen molar-refractivity contribution in [3.05, 3.63) is 76.5 Å². The number of carbonyl (C=O) groups is 1. The highest BCUT2D eigenvalue weighted by molar-refractivity contribution is 5.88. The lowest BCUT2D eigenvalue weighted by molar-refractivity contribution is -0.384. The molecule has 0 unspecified atom stereocenters. The Balaban J connectivity index is 1.68. The zero-order chi connectivity index (χ0) is 23.9. The van der Waals surface area contributed by atoms with Gasteiger partial charge in [-0.25, -0.2) is 4.68 Å². The molecular formula is C24H26N6O4. The minimum atomic E-state index is -0.428. The Kier molecular flexibility index (Phi) is 7.16. The fraction of sp³-hybridized carbons (Fsp3) is 0.292. The summed E-state index contributed by atoms with van der Waals surface area (Å²) in [6.45, 7) is 3.07. The number of para-hydroxylation sites is 2. The average molecular weight is 463 g/mol. The van der Waals surface area contributed by atoms with E-state index in [0.717, 1.165) is 5.69 Å². The molecule has 10 heteroatoms. The number of piperidine rings is 1. The number of rotatable bonds is 8. The summed E-state index contributed by atoms with van der Waals surface area (Å²) >= 11 is 0. The molecule has 34 heavy (non-hydrogen) atoms. The highest BCUT2D eigenvalue weighted by atomic mass is 16.6. The number of hydrogen-bond acceptors (Lipinski definition) is 8. The lowest BCUT2D eigenvalue weighted by Gasteiger charge is -2.32. The number of hydrazone groups is 1. The number of nitrogens with zero attached hydrogens (tertiary/aromatic N) is 5. The second kappa shape index (κ2) is 10.6. The second-order valence-electron chi connectivity index (χ2n) is 7.81. The van der Waals surface area contributed by atoms with Crippen LogP contribution in [-0.2, 0) is 9.53 Å². The van der Waals surface area contributed by atoms with E-state index < -0.39 is 4.92 Å². The van der Waals surface area contributed by atoms with Crippen LogP contribution in [0, 0.1) is 16.0 Å². The minimum Gasteiger partial charge on any atom is -0.466 e. The highest BCUT2D eigenvalue weighted by Crippen LogP contribution is 2.36. The maximum absolute atomic E-state index is 12.2. The zero-order valence-corrected chi connectivity index (χ0v) is 18.8. The summed E-state index contributed by atoms with van der Waals surface area (Å²) in [7, 11) is 0. The van der Waals surface area contributed by atoms with E-state index in [1.54, 1.807) is 11.6 Å². The maximum Gasteiger partial charge on any atom is 0.340 e. The van der Waals surface area contributed by atoms with Gasteiger partial charge in [-0.05, 0) is 44.0 Å². The van der Waals surface area contributed by atoms with Crippen molar-refractivity contribution in [2.75, 3.05) is 30.0 Å². The van der Waals surface area contributed by atoms with Crippen LogP contribution in [0.4, 0.5) is 17.2 Å². The number of carbonyl (C=O) groups excluding carboxylic acids is 1. The summed E-state index contributed by atoms with van der Waals surface area (Å²) in [6.07, 6.45) is 2.46. The van der Waals surface area contributed by atoms with Crippen LogP contribution in [0.2, 0.25) is 0 Å². The molecule has 0 spiro atoms. The molecule has 1 fully saturated rings. The third kappa shape index (κ3) is 5.06. The maximum atomic E-state index is 12.2. The summed E-state index contributed by atoms with van der Waals surface area (Å²) in [5, 5.41) is 20.9. The van der Waals surface area contributed by atoms with Crippen molar-refractivity contribution in [1.29, 1.82) is 0 Å². The largest absolute Gasteiger partial charge is 0.466 e. The lowest BCUT2D eigenvalue weighted by Crippen LogP contribution is -2.38. The van der Waals surface area contributed by atoms with Gasteiger partial charge in [0.15, 0.2) is 5.69 Å². The molecule has 2 heterocycles. The van der Waals surface area contributed by atoms with E-state index in [0.29, 0.717) is 44.0 Å². The zero-order valence-electron chi connectivity index (χ0n) is 18.8. The van der Waals surface area contributed by atoms with E-state index in [9.17, 15) is 14.9 Å². The smallest absolute Gasteiger partial charge is 0.340 e. The first kappa shape index (κ1) is 23.0. The van der Waals surface area contributed by atoms with Gasteiger partial charge in [-0.15, -0.1) is 0 Å². The monoisotopic (exact) mass is 462 g/mol. The van der Waals surface area contributed by atoms with Gasteiger partial charge in [0.25, 0.3) is 0 Å². The van der Waals surface area contributed by atoms with E-state index in [-0.39, 0.29) is 23.3 Å². The molecule has 0 radical (unpaired) electrons. The molecule has 0 atom stereocenters. The van der Waals surface area contributed by atoms with E-state index in [4.69, 9.17) is 4.74 Å². The van der Waals surface area contributed by atoms with E-state index >= 15 is 0 Å². The van der Waals surface area contributed by atoms with Crippen LogP contribution in [-0.4, -0.2) is 46.6 Å². The summed E-state index contributed by atoms with van der Waals surface area (Å²) in [6, 6.07) is 18.6. The Morgan fingerprint density at radius 1 is 1.18 bits per heavy atom. The summed E-state index contributed by atoms with van der Waals surface area (Å²) < 4.78 is 6.73. The number of hydrogen-bond donors (Lipinski definition) is 1. The first-order valence-electron chi connectivity index (χ1n) is 11.2. The first-order chi connectivity index (χ1) is 16.6. The molecule has 1 aliphatic rings. The molecule has 1 aliphatic heterocycles. The third-order valence-corrected chi connectivity index (χ3v) is 5.61. The highest BCUT2D eigenvalue weighted by Gasteiger charge is 2.35. The van der Waals surface area contributed by atoms with Crippen LogP contribution in [0.1, 0.15) is 25.5 Å². The number of ether oxygens (including phenoxy) is 1. The van der Waals surface area contributed by atoms with Crippen molar-refractivity contribution in [3.63, 3.8) is 0 Å². The van der Waals surface area contributed by atoms with Gasteiger partial charge in [0.05, 0.1) is 35.0 Å². The van der Waals surface area contributed by atoms with Crippen LogP contribution in [0.25, 0.3) is 5.69 Å². The number of nitrogens with one attached hydrogen (secondary N) is 1. The molecular weight excluding hydrogens is 436 g/mol. The number of nitro groups is 1. The van der Waals surface area contributed by atoms with Crippen molar-refractivity contribution >= 4 is 29.4 Å². The van der Waals surface area contributed by atoms with Crippen LogP contribution < -0.4 is 10.3 Å². The van der Waals surface area contributed by atoms with Crippen LogP contribution in [0.3, 0.4) is 0 Å². The van der Waals surface area contributed by atoms with Gasteiger partial charge in [0, 0.05) is 13.1 Å². The van der Waals surface area contributed by atoms with E-state index in [1.165, 1.54) is 6.21 Å². The van der Waals surface area contributed by atoms with Crippen molar-refractivity contribution < 1.29 is 14.5 Å². The number of benzene rings is 2. The molecule has 1 aromatic heterocycles. The molecule has 0 bridgehead atoms. The van der Waals surface area contributed by atoms with Gasteiger partial charge in [0.1, 0.15) is 0 Å². The molecule has 0 saturated carbocycles. The van der Waals surface area contributed by atoms with Crippen molar-refractivity contribution in [1.82, 2.24) is 9.78 Å².